The lowest BCUT2D eigenvalue weighted by Gasteiger charge is -2.36. The molecular weight excluding hydrogens is 745 g/mol. The number of benzene rings is 8. The van der Waals surface area contributed by atoms with Gasteiger partial charge in [0, 0.05) is 5.41 Å². The van der Waals surface area contributed by atoms with Crippen molar-refractivity contribution in [2.45, 2.75) is 90.4 Å². The van der Waals surface area contributed by atoms with E-state index in [2.05, 4.69) is 238 Å². The molecule has 0 heteroatoms. The lowest BCUT2D eigenvalue weighted by Crippen LogP contribution is -2.30. The molecule has 0 bridgehead atoms. The summed E-state index contributed by atoms with van der Waals surface area (Å²) in [5, 5.41) is 0. The van der Waals surface area contributed by atoms with Crippen molar-refractivity contribution in [3.8, 4) is 44.5 Å². The number of hydrogen-bond donors (Lipinski definition) is 0. The Morgan fingerprint density at radius 2 is 0.919 bits per heavy atom. The monoisotopic (exact) mass is 802 g/mol. The largest absolute Gasteiger partial charge is 0.0728 e. The zero-order chi connectivity index (χ0) is 43.2. The fraction of sp³-hybridized carbons (Fsp3) is 0.226. The Kier molecular flexibility index (Phi) is 9.27. The fourth-order valence-electron chi connectivity index (χ4n) is 11.1. The molecule has 3 aliphatic rings. The average Bonchev–Trinajstić information content (AvgIpc) is 3.81. The maximum atomic E-state index is 2.52. The molecule has 62 heavy (non-hydrogen) atoms. The van der Waals surface area contributed by atoms with E-state index in [1.54, 1.807) is 0 Å². The van der Waals surface area contributed by atoms with E-state index in [9.17, 15) is 0 Å². The summed E-state index contributed by atoms with van der Waals surface area (Å²) in [7, 11) is 0. The summed E-state index contributed by atoms with van der Waals surface area (Å²) >= 11 is 0. The Balaban J connectivity index is 0.000000151. The maximum Gasteiger partial charge on any atom is 0.0728 e. The molecule has 1 spiro atoms. The van der Waals surface area contributed by atoms with Crippen LogP contribution in [0.5, 0.6) is 0 Å². The molecule has 0 unspecified atom stereocenters. The van der Waals surface area contributed by atoms with Gasteiger partial charge in [-0.1, -0.05) is 237 Å². The van der Waals surface area contributed by atoms with Crippen molar-refractivity contribution in [2.75, 3.05) is 0 Å². The van der Waals surface area contributed by atoms with Crippen LogP contribution in [0.4, 0.5) is 0 Å². The van der Waals surface area contributed by atoms with Crippen molar-refractivity contribution in [1.29, 1.82) is 0 Å². The summed E-state index contributed by atoms with van der Waals surface area (Å²) in [6.45, 7) is 21.1. The van der Waals surface area contributed by atoms with Crippen molar-refractivity contribution >= 4 is 0 Å². The first-order chi connectivity index (χ1) is 29.7. The Hall–Kier alpha value is -6.24. The van der Waals surface area contributed by atoms with Crippen LogP contribution in [-0.4, -0.2) is 0 Å². The Morgan fingerprint density at radius 3 is 1.55 bits per heavy atom. The first-order valence-corrected chi connectivity index (χ1v) is 22.6. The molecule has 0 aromatic heterocycles. The quantitative estimate of drug-likeness (QED) is 0.167. The third-order valence-corrected chi connectivity index (χ3v) is 14.2. The molecule has 0 amide bonds. The van der Waals surface area contributed by atoms with Crippen LogP contribution in [0.25, 0.3) is 44.5 Å². The van der Waals surface area contributed by atoms with E-state index in [0.717, 1.165) is 6.42 Å². The third kappa shape index (κ3) is 6.17. The molecule has 0 atom stereocenters. The number of fused-ring (bicyclic) bond motifs is 13. The molecule has 306 valence electrons. The standard InChI is InChI=1S/C34H34.C28H24/c1-21-16-17-25-26-19-22(32(2,3)4)20-30(33(5,6)7)31(26)34(29(25)18-21)27-14-10-8-12-23(27)24-13-9-11-15-28(24)34;1-28(2)26-15-9-8-14-24(26)25-17-16-20(19-27(25)28)18-22-12-6-7-13-23(22)21-10-4-3-5-11-21/h8-20H,1-7H3;3-17,19H,18H2,1-2H3. The van der Waals surface area contributed by atoms with Crippen LogP contribution in [0.15, 0.2) is 176 Å². The van der Waals surface area contributed by atoms with Crippen molar-refractivity contribution < 1.29 is 0 Å². The normalized spacial score (nSPS) is 14.5. The van der Waals surface area contributed by atoms with E-state index >= 15 is 0 Å². The van der Waals surface area contributed by atoms with Crippen LogP contribution in [0.1, 0.15) is 117 Å². The van der Waals surface area contributed by atoms with Gasteiger partial charge in [-0.15, -0.1) is 0 Å². The van der Waals surface area contributed by atoms with Gasteiger partial charge in [0.1, 0.15) is 0 Å². The molecule has 0 saturated carbocycles. The van der Waals surface area contributed by atoms with Crippen LogP contribution in [0.2, 0.25) is 0 Å². The van der Waals surface area contributed by atoms with Crippen LogP contribution in [0, 0.1) is 6.92 Å². The Bertz CT molecular complexity index is 2980. The highest BCUT2D eigenvalue weighted by atomic mass is 14.5. The molecule has 8 aromatic carbocycles. The summed E-state index contributed by atoms with van der Waals surface area (Å²) in [5.41, 5.74) is 26.5. The van der Waals surface area contributed by atoms with E-state index in [1.807, 2.05) is 0 Å². The smallest absolute Gasteiger partial charge is 0.0622 e. The van der Waals surface area contributed by atoms with E-state index in [-0.39, 0.29) is 21.7 Å². The first kappa shape index (κ1) is 39.9. The summed E-state index contributed by atoms with van der Waals surface area (Å²) in [4.78, 5) is 0. The molecular formula is C62H58. The SMILES string of the molecule is CC1(C)c2ccccc2-c2ccc(Cc3ccccc3-c3ccccc3)cc21.Cc1ccc2c(c1)C1(c3ccccc3-c3ccccc31)c1c-2cc(C(C)(C)C)cc1C(C)(C)C. The molecule has 8 aromatic rings. The second-order valence-electron chi connectivity index (χ2n) is 20.6. The predicted octanol–water partition coefficient (Wildman–Crippen LogP) is 16.2. The maximum absolute atomic E-state index is 2.52. The van der Waals surface area contributed by atoms with E-state index in [0.29, 0.717) is 0 Å². The molecule has 11 rings (SSSR count). The zero-order valence-corrected chi connectivity index (χ0v) is 38.0. The third-order valence-electron chi connectivity index (χ3n) is 14.2. The predicted molar refractivity (Wildman–Crippen MR) is 264 cm³/mol. The van der Waals surface area contributed by atoms with Crippen LogP contribution in [-0.2, 0) is 28.1 Å². The van der Waals surface area contributed by atoms with Gasteiger partial charge in [-0.2, -0.15) is 0 Å². The minimum absolute atomic E-state index is 0.0158. The van der Waals surface area contributed by atoms with Gasteiger partial charge in [0.15, 0.2) is 0 Å². The lowest BCUT2D eigenvalue weighted by molar-refractivity contribution is 0.558. The van der Waals surface area contributed by atoms with Crippen molar-refractivity contribution in [2.24, 2.45) is 0 Å². The highest BCUT2D eigenvalue weighted by Gasteiger charge is 2.53. The Morgan fingerprint density at radius 1 is 0.403 bits per heavy atom. The fourth-order valence-corrected chi connectivity index (χ4v) is 11.1. The average molecular weight is 803 g/mol. The first-order valence-electron chi connectivity index (χ1n) is 22.6. The highest BCUT2D eigenvalue weighted by molar-refractivity contribution is 5.96. The topological polar surface area (TPSA) is 0 Å². The van der Waals surface area contributed by atoms with Gasteiger partial charge < -0.3 is 0 Å². The van der Waals surface area contributed by atoms with E-state index < -0.39 is 0 Å². The highest BCUT2D eigenvalue weighted by Crippen LogP contribution is 2.65. The molecule has 3 aliphatic carbocycles. The van der Waals surface area contributed by atoms with Crippen LogP contribution < -0.4 is 0 Å². The number of aryl methyl sites for hydroxylation is 1. The van der Waals surface area contributed by atoms with Gasteiger partial charge in [-0.3, -0.25) is 0 Å². The van der Waals surface area contributed by atoms with Gasteiger partial charge in [0.25, 0.3) is 0 Å². The van der Waals surface area contributed by atoms with Crippen molar-refractivity contribution in [3.05, 3.63) is 237 Å². The number of hydrogen-bond acceptors (Lipinski definition) is 0. The zero-order valence-electron chi connectivity index (χ0n) is 38.0. The van der Waals surface area contributed by atoms with Crippen molar-refractivity contribution in [3.63, 3.8) is 0 Å². The van der Waals surface area contributed by atoms with E-state index in [1.165, 1.54) is 106 Å². The molecule has 0 aliphatic heterocycles. The molecule has 0 heterocycles. The Labute approximate surface area is 370 Å². The van der Waals surface area contributed by atoms with Crippen molar-refractivity contribution in [1.82, 2.24) is 0 Å². The van der Waals surface area contributed by atoms with Gasteiger partial charge in [0.05, 0.1) is 5.41 Å². The second-order valence-corrected chi connectivity index (χ2v) is 20.6. The minimum Gasteiger partial charge on any atom is -0.0622 e. The lowest BCUT2D eigenvalue weighted by atomic mass is 9.65. The van der Waals surface area contributed by atoms with Gasteiger partial charge in [0.2, 0.25) is 0 Å². The summed E-state index contributed by atoms with van der Waals surface area (Å²) in [6, 6.07) is 65.7. The van der Waals surface area contributed by atoms with Gasteiger partial charge >= 0.3 is 0 Å². The summed E-state index contributed by atoms with van der Waals surface area (Å²) in [6.07, 6.45) is 0.949. The molecule has 0 nitrogen and oxygen atoms in total. The van der Waals surface area contributed by atoms with E-state index in [4.69, 9.17) is 0 Å². The summed E-state index contributed by atoms with van der Waals surface area (Å²) in [5.74, 6) is 0. The molecule has 0 fully saturated rings. The molecule has 0 radical (unpaired) electrons. The van der Waals surface area contributed by atoms with Crippen LogP contribution in [0.3, 0.4) is 0 Å². The van der Waals surface area contributed by atoms with Gasteiger partial charge in [-0.25, -0.2) is 0 Å². The molecule has 0 saturated heterocycles. The molecule has 0 N–H and O–H groups in total. The van der Waals surface area contributed by atoms with Gasteiger partial charge in [-0.05, 0) is 124 Å². The number of rotatable bonds is 3. The summed E-state index contributed by atoms with van der Waals surface area (Å²) < 4.78 is 0. The minimum atomic E-state index is -0.275. The van der Waals surface area contributed by atoms with Crippen LogP contribution >= 0.6 is 0 Å². The second kappa shape index (κ2) is 14.4.